The van der Waals surface area contributed by atoms with Gasteiger partial charge in [0.15, 0.2) is 5.82 Å². The van der Waals surface area contributed by atoms with Crippen molar-refractivity contribution in [2.24, 2.45) is 0 Å². The van der Waals surface area contributed by atoms with Crippen LogP contribution in [0.25, 0.3) is 32.5 Å². The average molecular weight is 350 g/mol. The fourth-order valence-corrected chi connectivity index (χ4v) is 4.26. The van der Waals surface area contributed by atoms with Crippen LogP contribution < -0.4 is 4.90 Å². The topological polar surface area (TPSA) is 54.0 Å². The molecule has 6 heteroatoms. The minimum atomic E-state index is 0.308. The highest BCUT2D eigenvalue weighted by Crippen LogP contribution is 2.34. The third-order valence-corrected chi connectivity index (χ3v) is 5.59. The van der Waals surface area contributed by atoms with Crippen molar-refractivity contribution in [2.75, 3.05) is 24.7 Å². The van der Waals surface area contributed by atoms with E-state index in [0.29, 0.717) is 6.04 Å². The second-order valence-electron chi connectivity index (χ2n) is 6.37. The molecule has 5 rings (SSSR count). The van der Waals surface area contributed by atoms with Crippen molar-refractivity contribution in [1.82, 2.24) is 15.0 Å². The van der Waals surface area contributed by atoms with Crippen LogP contribution in [0.5, 0.6) is 0 Å². The molecule has 4 heterocycles. The van der Waals surface area contributed by atoms with Crippen LogP contribution in [0.3, 0.4) is 0 Å². The van der Waals surface area contributed by atoms with Gasteiger partial charge in [0.25, 0.3) is 0 Å². The van der Waals surface area contributed by atoms with Crippen molar-refractivity contribution in [3.8, 4) is 11.4 Å². The van der Waals surface area contributed by atoms with Crippen LogP contribution in [0.4, 0.5) is 5.82 Å². The first-order valence-electron chi connectivity index (χ1n) is 8.47. The molecule has 0 bridgehead atoms. The van der Waals surface area contributed by atoms with Crippen molar-refractivity contribution in [3.63, 3.8) is 0 Å². The molecule has 0 aliphatic carbocycles. The first kappa shape index (κ1) is 14.9. The van der Waals surface area contributed by atoms with Gasteiger partial charge in [0, 0.05) is 29.2 Å². The van der Waals surface area contributed by atoms with Crippen molar-refractivity contribution in [2.45, 2.75) is 13.0 Å². The Labute approximate surface area is 149 Å². The summed E-state index contributed by atoms with van der Waals surface area (Å²) in [5.41, 5.74) is 2.17. The van der Waals surface area contributed by atoms with Crippen LogP contribution in [0.15, 0.2) is 41.9 Å². The zero-order chi connectivity index (χ0) is 16.8. The lowest BCUT2D eigenvalue weighted by Crippen LogP contribution is -2.44. The van der Waals surface area contributed by atoms with Gasteiger partial charge in [-0.15, -0.1) is 11.3 Å². The number of benzene rings is 1. The Balaban J connectivity index is 1.73. The highest BCUT2D eigenvalue weighted by Gasteiger charge is 2.24. The van der Waals surface area contributed by atoms with E-state index in [-0.39, 0.29) is 0 Å². The number of aromatic amines is 1. The van der Waals surface area contributed by atoms with E-state index in [4.69, 9.17) is 14.7 Å². The van der Waals surface area contributed by atoms with Gasteiger partial charge >= 0.3 is 0 Å². The molecule has 1 aromatic carbocycles. The largest absolute Gasteiger partial charge is 0.377 e. The number of hydrogen-bond acceptors (Lipinski definition) is 5. The zero-order valence-corrected chi connectivity index (χ0v) is 14.7. The lowest BCUT2D eigenvalue weighted by molar-refractivity contribution is 0.0987. The van der Waals surface area contributed by atoms with Gasteiger partial charge < -0.3 is 14.6 Å². The number of nitrogens with one attached hydrogen (secondary N) is 1. The number of anilines is 1. The van der Waals surface area contributed by atoms with E-state index in [9.17, 15) is 0 Å². The summed E-state index contributed by atoms with van der Waals surface area (Å²) in [6.45, 7) is 4.52. The lowest BCUT2D eigenvalue weighted by Gasteiger charge is -2.34. The lowest BCUT2D eigenvalue weighted by atomic mass is 10.1. The molecule has 5 nitrogen and oxygen atoms in total. The maximum atomic E-state index is 5.60. The summed E-state index contributed by atoms with van der Waals surface area (Å²) in [4.78, 5) is 16.5. The van der Waals surface area contributed by atoms with Gasteiger partial charge in [-0.2, -0.15) is 0 Å². The van der Waals surface area contributed by atoms with E-state index in [1.165, 1.54) is 0 Å². The van der Waals surface area contributed by atoms with Crippen LogP contribution in [0.1, 0.15) is 6.92 Å². The third kappa shape index (κ3) is 2.41. The van der Waals surface area contributed by atoms with Crippen LogP contribution in [-0.4, -0.2) is 40.8 Å². The van der Waals surface area contributed by atoms with Gasteiger partial charge in [-0.25, -0.2) is 9.97 Å². The number of morpholine rings is 1. The number of fused-ring (bicyclic) bond motifs is 2. The van der Waals surface area contributed by atoms with Gasteiger partial charge in [0.2, 0.25) is 0 Å². The predicted molar refractivity (Wildman–Crippen MR) is 102 cm³/mol. The van der Waals surface area contributed by atoms with Crippen molar-refractivity contribution >= 4 is 38.3 Å². The molecule has 1 N–H and O–H groups in total. The van der Waals surface area contributed by atoms with E-state index < -0.39 is 0 Å². The molecule has 0 spiro atoms. The fourth-order valence-electron chi connectivity index (χ4n) is 3.50. The van der Waals surface area contributed by atoms with E-state index in [1.54, 1.807) is 11.3 Å². The summed E-state index contributed by atoms with van der Waals surface area (Å²) < 4.78 is 5.60. The molecule has 1 aliphatic rings. The third-order valence-electron chi connectivity index (χ3n) is 4.78. The molecule has 4 aromatic rings. The number of hydrogen-bond donors (Lipinski definition) is 1. The second kappa shape index (κ2) is 5.82. The molecule has 25 heavy (non-hydrogen) atoms. The number of rotatable bonds is 2. The van der Waals surface area contributed by atoms with Crippen LogP contribution in [0.2, 0.25) is 0 Å². The molecular weight excluding hydrogens is 332 g/mol. The van der Waals surface area contributed by atoms with Crippen molar-refractivity contribution < 1.29 is 4.74 Å². The predicted octanol–water partition coefficient (Wildman–Crippen LogP) is 4.06. The molecule has 126 valence electrons. The van der Waals surface area contributed by atoms with Gasteiger partial charge in [0.05, 0.1) is 24.6 Å². The summed E-state index contributed by atoms with van der Waals surface area (Å²) in [5, 5.41) is 4.37. The van der Waals surface area contributed by atoms with E-state index in [1.807, 2.05) is 12.3 Å². The maximum Gasteiger partial charge on any atom is 0.163 e. The summed E-state index contributed by atoms with van der Waals surface area (Å²) in [5.74, 6) is 1.80. The minimum absolute atomic E-state index is 0.308. The van der Waals surface area contributed by atoms with E-state index in [0.717, 1.165) is 58.1 Å². The Kier molecular flexibility index (Phi) is 3.46. The Bertz CT molecular complexity index is 1050. The summed E-state index contributed by atoms with van der Waals surface area (Å²) in [6.07, 6.45) is 1.96. The van der Waals surface area contributed by atoms with Crippen molar-refractivity contribution in [1.29, 1.82) is 0 Å². The molecular formula is C19H18N4OS. The number of H-pyrrole nitrogens is 1. The molecule has 1 saturated heterocycles. The van der Waals surface area contributed by atoms with E-state index >= 15 is 0 Å². The average Bonchev–Trinajstić information content (AvgIpc) is 3.30. The van der Waals surface area contributed by atoms with Crippen molar-refractivity contribution in [3.05, 3.63) is 41.9 Å². The molecule has 0 saturated carbocycles. The van der Waals surface area contributed by atoms with Crippen LogP contribution >= 0.6 is 11.3 Å². The molecule has 3 aromatic heterocycles. The SMILES string of the molecule is C[C@@H]1COCCN1c1nc(-c2cccc3[nH]ccc23)nc2sccc12. The van der Waals surface area contributed by atoms with Crippen LogP contribution in [0, 0.1) is 0 Å². The van der Waals surface area contributed by atoms with Gasteiger partial charge in [-0.1, -0.05) is 12.1 Å². The molecule has 1 fully saturated rings. The zero-order valence-electron chi connectivity index (χ0n) is 13.9. The summed E-state index contributed by atoms with van der Waals surface area (Å²) >= 11 is 1.67. The minimum Gasteiger partial charge on any atom is -0.377 e. The first-order valence-corrected chi connectivity index (χ1v) is 9.35. The normalized spacial score (nSPS) is 18.3. The van der Waals surface area contributed by atoms with Crippen LogP contribution in [-0.2, 0) is 4.74 Å². The number of ether oxygens (including phenoxy) is 1. The molecule has 1 aliphatic heterocycles. The summed E-state index contributed by atoms with van der Waals surface area (Å²) in [6, 6.07) is 10.7. The molecule has 0 amide bonds. The Morgan fingerprint density at radius 3 is 3.08 bits per heavy atom. The Morgan fingerprint density at radius 1 is 1.20 bits per heavy atom. The maximum absolute atomic E-state index is 5.60. The summed E-state index contributed by atoms with van der Waals surface area (Å²) in [7, 11) is 0. The highest BCUT2D eigenvalue weighted by atomic mass is 32.1. The Morgan fingerprint density at radius 2 is 2.16 bits per heavy atom. The molecule has 0 radical (unpaired) electrons. The highest BCUT2D eigenvalue weighted by molar-refractivity contribution is 7.16. The molecule has 1 atom stereocenters. The quantitative estimate of drug-likeness (QED) is 0.592. The number of thiophene rings is 1. The number of aromatic nitrogens is 3. The monoisotopic (exact) mass is 350 g/mol. The van der Waals surface area contributed by atoms with Gasteiger partial charge in [-0.05, 0) is 30.5 Å². The van der Waals surface area contributed by atoms with Gasteiger partial charge in [0.1, 0.15) is 10.6 Å². The standard InChI is InChI=1S/C19H18N4OS/c1-12-11-24-9-8-23(12)18-15-6-10-25-19(15)22-17(21-18)14-3-2-4-16-13(14)5-7-20-16/h2-7,10,12,20H,8-9,11H2,1H3/t12-/m1/s1. The molecule has 0 unspecified atom stereocenters. The number of nitrogens with zero attached hydrogens (tertiary/aromatic N) is 3. The van der Waals surface area contributed by atoms with Gasteiger partial charge in [-0.3, -0.25) is 0 Å². The van der Waals surface area contributed by atoms with E-state index in [2.05, 4.69) is 46.5 Å². The first-order chi connectivity index (χ1) is 12.3. The Hall–Kier alpha value is -2.44. The second-order valence-corrected chi connectivity index (χ2v) is 7.27. The smallest absolute Gasteiger partial charge is 0.163 e. The fraction of sp³-hybridized carbons (Fsp3) is 0.263.